The average Bonchev–Trinajstić information content (AvgIpc) is 2.91. The molecule has 0 spiro atoms. The Morgan fingerprint density at radius 3 is 2.68 bits per heavy atom. The van der Waals surface area contributed by atoms with Crippen LogP contribution in [-0.2, 0) is 4.79 Å². The number of benzene rings is 2. The second kappa shape index (κ2) is 8.09. The molecule has 3 rings (SSSR count). The fourth-order valence-corrected chi connectivity index (χ4v) is 3.02. The van der Waals surface area contributed by atoms with Crippen molar-refractivity contribution in [3.05, 3.63) is 64.0 Å². The monoisotopic (exact) mass is 374 g/mol. The van der Waals surface area contributed by atoms with Gasteiger partial charge in [0.15, 0.2) is 5.17 Å². The molecule has 0 saturated carbocycles. The van der Waals surface area contributed by atoms with Crippen LogP contribution in [0.3, 0.4) is 0 Å². The predicted octanol–water partition coefficient (Wildman–Crippen LogP) is 3.73. The number of amides is 1. The maximum Gasteiger partial charge on any atom is 0.286 e. The van der Waals surface area contributed by atoms with Gasteiger partial charge in [0.2, 0.25) is 0 Å². The molecule has 0 aliphatic carbocycles. The molecule has 0 bridgehead atoms. The lowest BCUT2D eigenvalue weighted by Crippen LogP contribution is -2.09. The van der Waals surface area contributed by atoms with Crippen molar-refractivity contribution in [1.82, 2.24) is 0 Å². The first-order chi connectivity index (χ1) is 12.1. The number of halogens is 1. The lowest BCUT2D eigenvalue weighted by Gasteiger charge is -2.09. The summed E-state index contributed by atoms with van der Waals surface area (Å²) in [6.45, 7) is 0.739. The van der Waals surface area contributed by atoms with Gasteiger partial charge in [-0.3, -0.25) is 4.79 Å². The van der Waals surface area contributed by atoms with Crippen molar-refractivity contribution in [3.8, 4) is 11.5 Å². The molecule has 2 N–H and O–H groups in total. The van der Waals surface area contributed by atoms with E-state index >= 15 is 0 Å². The summed E-state index contributed by atoms with van der Waals surface area (Å²) in [7, 11) is 0. The molecule has 0 atom stereocenters. The number of carbonyl (C=O) groups is 1. The van der Waals surface area contributed by atoms with Crippen LogP contribution in [0, 0.1) is 0 Å². The number of hydrogen-bond donors (Lipinski definition) is 1. The van der Waals surface area contributed by atoms with Crippen LogP contribution in [0.5, 0.6) is 11.5 Å². The van der Waals surface area contributed by atoms with E-state index < -0.39 is 0 Å². The van der Waals surface area contributed by atoms with Crippen LogP contribution in [0.2, 0.25) is 5.02 Å². The molecule has 1 amide bonds. The van der Waals surface area contributed by atoms with Crippen LogP contribution < -0.4 is 15.2 Å². The van der Waals surface area contributed by atoms with Crippen molar-refractivity contribution in [2.24, 2.45) is 10.7 Å². The first-order valence-electron chi connectivity index (χ1n) is 7.50. The zero-order valence-electron chi connectivity index (χ0n) is 13.1. The molecule has 5 nitrogen and oxygen atoms in total. The highest BCUT2D eigenvalue weighted by molar-refractivity contribution is 8.18. The van der Waals surface area contributed by atoms with E-state index in [-0.39, 0.29) is 11.1 Å². The van der Waals surface area contributed by atoms with Crippen molar-refractivity contribution in [2.75, 3.05) is 13.2 Å². The van der Waals surface area contributed by atoms with Crippen LogP contribution in [0.15, 0.2) is 58.4 Å². The van der Waals surface area contributed by atoms with Crippen molar-refractivity contribution in [3.63, 3.8) is 0 Å². The number of hydrogen-bond acceptors (Lipinski definition) is 5. The molecular formula is C18H15ClN2O3S. The number of para-hydroxylation sites is 1. The Kier molecular flexibility index (Phi) is 5.63. The van der Waals surface area contributed by atoms with Crippen LogP contribution in [0.4, 0.5) is 0 Å². The maximum atomic E-state index is 11.6. The Labute approximate surface area is 154 Å². The second-order valence-corrected chi connectivity index (χ2v) is 6.54. The van der Waals surface area contributed by atoms with Crippen molar-refractivity contribution in [2.45, 2.75) is 0 Å². The Hall–Kier alpha value is -2.44. The number of rotatable bonds is 6. The summed E-state index contributed by atoms with van der Waals surface area (Å²) < 4.78 is 11.3. The summed E-state index contributed by atoms with van der Waals surface area (Å²) in [6, 6.07) is 14.7. The number of amidine groups is 1. The van der Waals surface area contributed by atoms with E-state index in [9.17, 15) is 4.79 Å². The van der Waals surface area contributed by atoms with Gasteiger partial charge >= 0.3 is 0 Å². The third-order valence-electron chi connectivity index (χ3n) is 3.24. The van der Waals surface area contributed by atoms with Crippen molar-refractivity contribution < 1.29 is 14.3 Å². The number of nitrogens with zero attached hydrogens (tertiary/aromatic N) is 1. The highest BCUT2D eigenvalue weighted by Crippen LogP contribution is 2.27. The third-order valence-corrected chi connectivity index (χ3v) is 4.36. The van der Waals surface area contributed by atoms with Gasteiger partial charge in [-0.15, -0.1) is 0 Å². The smallest absolute Gasteiger partial charge is 0.286 e. The lowest BCUT2D eigenvalue weighted by molar-refractivity contribution is -0.113. The van der Waals surface area contributed by atoms with Crippen molar-refractivity contribution >= 4 is 40.5 Å². The number of carbonyl (C=O) groups excluding carboxylic acids is 1. The van der Waals surface area contributed by atoms with E-state index in [0.717, 1.165) is 17.3 Å². The summed E-state index contributed by atoms with van der Waals surface area (Å²) in [5.41, 5.74) is 6.38. The maximum absolute atomic E-state index is 11.6. The lowest BCUT2D eigenvalue weighted by atomic mass is 10.2. The number of thioether (sulfide) groups is 1. The molecule has 1 heterocycles. The zero-order valence-corrected chi connectivity index (χ0v) is 14.7. The number of aliphatic imine (C=N–C) groups is 1. The van der Waals surface area contributed by atoms with Crippen LogP contribution in [0.25, 0.3) is 6.08 Å². The Morgan fingerprint density at radius 2 is 1.92 bits per heavy atom. The first-order valence-corrected chi connectivity index (χ1v) is 8.69. The van der Waals surface area contributed by atoms with Gasteiger partial charge in [-0.05, 0) is 47.7 Å². The molecule has 25 heavy (non-hydrogen) atoms. The highest BCUT2D eigenvalue weighted by atomic mass is 35.5. The fourth-order valence-electron chi connectivity index (χ4n) is 2.14. The summed E-state index contributed by atoms with van der Waals surface area (Å²) in [4.78, 5) is 15.8. The van der Waals surface area contributed by atoms with Gasteiger partial charge in [0.05, 0.1) is 9.93 Å². The molecule has 0 radical (unpaired) electrons. The Morgan fingerprint density at radius 1 is 1.12 bits per heavy atom. The van der Waals surface area contributed by atoms with Gasteiger partial charge in [0, 0.05) is 0 Å². The van der Waals surface area contributed by atoms with E-state index in [0.29, 0.717) is 34.6 Å². The quantitative estimate of drug-likeness (QED) is 0.616. The molecular weight excluding hydrogens is 360 g/mol. The minimum Gasteiger partial charge on any atom is -0.490 e. The predicted molar refractivity (Wildman–Crippen MR) is 101 cm³/mol. The standard InChI is InChI=1S/C18H15ClN2O3S/c19-14-6-1-2-7-15(14)24-9-8-23-13-5-3-4-12(10-13)11-16-17(22)21-18(20)25-16/h1-7,10-11H,8-9H2,(H2,20,21,22). The van der Waals surface area contributed by atoms with Gasteiger partial charge in [-0.2, -0.15) is 4.99 Å². The molecule has 0 saturated heterocycles. The summed E-state index contributed by atoms with van der Waals surface area (Å²) >= 11 is 7.18. The van der Waals surface area contributed by atoms with Crippen LogP contribution in [-0.4, -0.2) is 24.3 Å². The van der Waals surface area contributed by atoms with Crippen LogP contribution in [0.1, 0.15) is 5.56 Å². The summed E-state index contributed by atoms with van der Waals surface area (Å²) in [5, 5.41) is 0.830. The molecule has 7 heteroatoms. The van der Waals surface area contributed by atoms with Gasteiger partial charge in [0.1, 0.15) is 24.7 Å². The number of nitrogens with two attached hydrogens (primary N) is 1. The van der Waals surface area contributed by atoms with Crippen LogP contribution >= 0.6 is 23.4 Å². The molecule has 128 valence electrons. The van der Waals surface area contributed by atoms with E-state index in [2.05, 4.69) is 4.99 Å². The fraction of sp³-hybridized carbons (Fsp3) is 0.111. The largest absolute Gasteiger partial charge is 0.490 e. The topological polar surface area (TPSA) is 73.9 Å². The third kappa shape index (κ3) is 4.78. The van der Waals surface area contributed by atoms with Gasteiger partial charge in [-0.25, -0.2) is 0 Å². The van der Waals surface area contributed by atoms with E-state index in [1.807, 2.05) is 36.4 Å². The SMILES string of the molecule is NC1=NC(=O)C(=Cc2cccc(OCCOc3ccccc3Cl)c2)S1. The van der Waals surface area contributed by atoms with E-state index in [1.165, 1.54) is 0 Å². The normalized spacial score (nSPS) is 15.3. The Balaban J connectivity index is 1.55. The molecule has 0 fully saturated rings. The minimum atomic E-state index is -0.318. The van der Waals surface area contributed by atoms with E-state index in [1.54, 1.807) is 18.2 Å². The first kappa shape index (κ1) is 17.4. The summed E-state index contributed by atoms with van der Waals surface area (Å²) in [6.07, 6.45) is 1.74. The van der Waals surface area contributed by atoms with Gasteiger partial charge in [-0.1, -0.05) is 35.9 Å². The molecule has 1 aliphatic rings. The number of ether oxygens (including phenoxy) is 2. The molecule has 2 aromatic rings. The Bertz CT molecular complexity index is 852. The molecule has 1 aliphatic heterocycles. The molecule has 2 aromatic carbocycles. The van der Waals surface area contributed by atoms with Crippen molar-refractivity contribution in [1.29, 1.82) is 0 Å². The molecule has 0 aromatic heterocycles. The van der Waals surface area contributed by atoms with Gasteiger partial charge < -0.3 is 15.2 Å². The second-order valence-electron chi connectivity index (χ2n) is 5.07. The summed E-state index contributed by atoms with van der Waals surface area (Å²) in [5.74, 6) is 0.990. The highest BCUT2D eigenvalue weighted by Gasteiger charge is 2.19. The average molecular weight is 375 g/mol. The molecule has 0 unspecified atom stereocenters. The van der Waals surface area contributed by atoms with E-state index in [4.69, 9.17) is 26.8 Å². The van der Waals surface area contributed by atoms with Gasteiger partial charge in [0.25, 0.3) is 5.91 Å². The zero-order chi connectivity index (χ0) is 17.6. The minimum absolute atomic E-state index is 0.264.